The van der Waals surface area contributed by atoms with Crippen LogP contribution in [0.15, 0.2) is 41.1 Å². The lowest BCUT2D eigenvalue weighted by Crippen LogP contribution is -2.12. The summed E-state index contributed by atoms with van der Waals surface area (Å²) in [4.78, 5) is 15.7. The van der Waals surface area contributed by atoms with E-state index < -0.39 is 5.97 Å². The van der Waals surface area contributed by atoms with Crippen LogP contribution in [0.5, 0.6) is 0 Å². The summed E-state index contributed by atoms with van der Waals surface area (Å²) in [6.07, 6.45) is 3.22. The first-order valence-corrected chi connectivity index (χ1v) is 5.55. The van der Waals surface area contributed by atoms with E-state index in [1.54, 1.807) is 24.6 Å². The molecule has 0 aliphatic carbocycles. The van der Waals surface area contributed by atoms with Gasteiger partial charge < -0.3 is 14.5 Å². The van der Waals surface area contributed by atoms with Gasteiger partial charge in [-0.15, -0.1) is 0 Å². The van der Waals surface area contributed by atoms with Gasteiger partial charge in [-0.05, 0) is 31.2 Å². The maximum absolute atomic E-state index is 11.6. The van der Waals surface area contributed by atoms with Crippen molar-refractivity contribution in [1.29, 1.82) is 0 Å². The molecule has 0 saturated carbocycles. The van der Waals surface area contributed by atoms with Crippen molar-refractivity contribution in [3.05, 3.63) is 48.0 Å². The number of rotatable bonds is 4. The molecule has 2 heterocycles. The predicted molar refractivity (Wildman–Crippen MR) is 66.3 cm³/mol. The molecule has 5 nitrogen and oxygen atoms in total. The van der Waals surface area contributed by atoms with Crippen LogP contribution in [-0.2, 0) is 4.74 Å². The second kappa shape index (κ2) is 5.35. The minimum absolute atomic E-state index is 0.0849. The van der Waals surface area contributed by atoms with E-state index in [-0.39, 0.29) is 6.04 Å². The Balaban J connectivity index is 2.21. The first-order valence-electron chi connectivity index (χ1n) is 5.55. The van der Waals surface area contributed by atoms with Crippen molar-refractivity contribution < 1.29 is 13.9 Å². The van der Waals surface area contributed by atoms with Crippen LogP contribution in [0, 0.1) is 0 Å². The number of nitrogens with one attached hydrogen (secondary N) is 1. The van der Waals surface area contributed by atoms with E-state index in [1.165, 1.54) is 7.11 Å². The highest BCUT2D eigenvalue weighted by molar-refractivity contribution is 5.94. The van der Waals surface area contributed by atoms with E-state index in [0.29, 0.717) is 11.4 Å². The summed E-state index contributed by atoms with van der Waals surface area (Å²) >= 11 is 0. The third kappa shape index (κ3) is 2.51. The van der Waals surface area contributed by atoms with E-state index in [9.17, 15) is 4.79 Å². The number of carbonyl (C=O) groups is 1. The minimum Gasteiger partial charge on any atom is -0.467 e. The lowest BCUT2D eigenvalue weighted by atomic mass is 10.2. The predicted octanol–water partition coefficient (Wildman–Crippen LogP) is 2.63. The molecule has 18 heavy (non-hydrogen) atoms. The van der Waals surface area contributed by atoms with E-state index in [4.69, 9.17) is 9.15 Å². The molecule has 0 saturated heterocycles. The minimum atomic E-state index is -0.419. The number of anilines is 1. The number of nitrogens with zero attached hydrogens (tertiary/aromatic N) is 1. The van der Waals surface area contributed by atoms with Crippen LogP contribution in [0.3, 0.4) is 0 Å². The molecule has 1 atom stereocenters. The highest BCUT2D eigenvalue weighted by Gasteiger charge is 2.15. The van der Waals surface area contributed by atoms with Gasteiger partial charge in [-0.3, -0.25) is 0 Å². The fourth-order valence-electron chi connectivity index (χ4n) is 1.61. The van der Waals surface area contributed by atoms with Gasteiger partial charge in [0.15, 0.2) is 0 Å². The standard InChI is InChI=1S/C13H14N2O3/c1-9(11-6-4-8-18-11)15-12-10(13(16)17-2)5-3-7-14-12/h3-9H,1-2H3,(H,14,15). The quantitative estimate of drug-likeness (QED) is 0.840. The van der Waals surface area contributed by atoms with Gasteiger partial charge >= 0.3 is 5.97 Å². The van der Waals surface area contributed by atoms with E-state index in [2.05, 4.69) is 10.3 Å². The van der Waals surface area contributed by atoms with Crippen molar-refractivity contribution in [2.24, 2.45) is 0 Å². The lowest BCUT2D eigenvalue weighted by Gasteiger charge is -2.14. The third-order valence-electron chi connectivity index (χ3n) is 2.54. The summed E-state index contributed by atoms with van der Waals surface area (Å²) in [6, 6.07) is 6.94. The van der Waals surface area contributed by atoms with Crippen molar-refractivity contribution in [2.45, 2.75) is 13.0 Å². The average molecular weight is 246 g/mol. The number of hydrogen-bond acceptors (Lipinski definition) is 5. The topological polar surface area (TPSA) is 64.4 Å². The first kappa shape index (κ1) is 12.2. The number of carbonyl (C=O) groups excluding carboxylic acids is 1. The zero-order chi connectivity index (χ0) is 13.0. The van der Waals surface area contributed by atoms with Crippen molar-refractivity contribution in [1.82, 2.24) is 4.98 Å². The molecule has 2 aromatic heterocycles. The summed E-state index contributed by atoms with van der Waals surface area (Å²) in [5.74, 6) is 0.835. The van der Waals surface area contributed by atoms with Gasteiger partial charge in [-0.1, -0.05) is 0 Å². The molecule has 2 rings (SSSR count). The maximum atomic E-state index is 11.6. The highest BCUT2D eigenvalue weighted by Crippen LogP contribution is 2.21. The number of methoxy groups -OCH3 is 1. The molecule has 5 heteroatoms. The normalized spacial score (nSPS) is 11.9. The number of hydrogen-bond donors (Lipinski definition) is 1. The van der Waals surface area contributed by atoms with Crippen LogP contribution in [0.4, 0.5) is 5.82 Å². The van der Waals surface area contributed by atoms with Gasteiger partial charge in [-0.25, -0.2) is 9.78 Å². The first-order chi connectivity index (χ1) is 8.72. The summed E-state index contributed by atoms with van der Waals surface area (Å²) < 4.78 is 9.99. The van der Waals surface area contributed by atoms with Crippen molar-refractivity contribution in [2.75, 3.05) is 12.4 Å². The number of furan rings is 1. The Morgan fingerprint density at radius 2 is 2.28 bits per heavy atom. The molecule has 94 valence electrons. The number of esters is 1. The smallest absolute Gasteiger partial charge is 0.341 e. The molecule has 0 spiro atoms. The van der Waals surface area contributed by atoms with Crippen LogP contribution in [0.2, 0.25) is 0 Å². The Labute approximate surface area is 105 Å². The monoisotopic (exact) mass is 246 g/mol. The van der Waals surface area contributed by atoms with Gasteiger partial charge in [0.25, 0.3) is 0 Å². The maximum Gasteiger partial charge on any atom is 0.341 e. The second-order valence-electron chi connectivity index (χ2n) is 3.77. The second-order valence-corrected chi connectivity index (χ2v) is 3.77. The third-order valence-corrected chi connectivity index (χ3v) is 2.54. The van der Waals surface area contributed by atoms with Crippen LogP contribution >= 0.6 is 0 Å². The Bertz CT molecular complexity index is 523. The van der Waals surface area contributed by atoms with Crippen LogP contribution in [0.1, 0.15) is 29.1 Å². The Morgan fingerprint density at radius 1 is 1.44 bits per heavy atom. The molecule has 0 fully saturated rings. The van der Waals surface area contributed by atoms with Gasteiger partial charge in [-0.2, -0.15) is 0 Å². The molecule has 0 aliphatic heterocycles. The number of pyridine rings is 1. The highest BCUT2D eigenvalue weighted by atomic mass is 16.5. The van der Waals surface area contributed by atoms with Crippen LogP contribution in [-0.4, -0.2) is 18.1 Å². The Morgan fingerprint density at radius 3 is 2.94 bits per heavy atom. The lowest BCUT2D eigenvalue weighted by molar-refractivity contribution is 0.0601. The van der Waals surface area contributed by atoms with Gasteiger partial charge in [0.1, 0.15) is 17.1 Å². The largest absolute Gasteiger partial charge is 0.467 e. The molecular weight excluding hydrogens is 232 g/mol. The summed E-state index contributed by atoms with van der Waals surface area (Å²) in [5, 5.41) is 3.12. The van der Waals surface area contributed by atoms with Gasteiger partial charge in [0.2, 0.25) is 0 Å². The average Bonchev–Trinajstić information content (AvgIpc) is 2.92. The molecule has 2 aromatic rings. The molecule has 0 bridgehead atoms. The van der Waals surface area contributed by atoms with Crippen molar-refractivity contribution in [3.8, 4) is 0 Å². The molecule has 1 N–H and O–H groups in total. The van der Waals surface area contributed by atoms with E-state index in [1.807, 2.05) is 19.1 Å². The molecule has 0 amide bonds. The number of aromatic nitrogens is 1. The molecule has 0 radical (unpaired) electrons. The van der Waals surface area contributed by atoms with Gasteiger partial charge in [0, 0.05) is 6.20 Å². The fraction of sp³-hybridized carbons (Fsp3) is 0.231. The fourth-order valence-corrected chi connectivity index (χ4v) is 1.61. The zero-order valence-corrected chi connectivity index (χ0v) is 10.2. The van der Waals surface area contributed by atoms with Crippen LogP contribution < -0.4 is 5.32 Å². The van der Waals surface area contributed by atoms with Crippen molar-refractivity contribution in [3.63, 3.8) is 0 Å². The molecule has 0 aromatic carbocycles. The van der Waals surface area contributed by atoms with E-state index >= 15 is 0 Å². The van der Waals surface area contributed by atoms with Crippen LogP contribution in [0.25, 0.3) is 0 Å². The van der Waals surface area contributed by atoms with Gasteiger partial charge in [0.05, 0.1) is 19.4 Å². The molecule has 0 aliphatic rings. The SMILES string of the molecule is COC(=O)c1cccnc1NC(C)c1ccco1. The summed E-state index contributed by atoms with van der Waals surface area (Å²) in [5.41, 5.74) is 0.401. The van der Waals surface area contributed by atoms with E-state index in [0.717, 1.165) is 5.76 Å². The molecule has 1 unspecified atom stereocenters. The summed E-state index contributed by atoms with van der Waals surface area (Å²) in [7, 11) is 1.34. The molecular formula is C13H14N2O3. The van der Waals surface area contributed by atoms with Crippen molar-refractivity contribution >= 4 is 11.8 Å². The Kier molecular flexibility index (Phi) is 3.62. The zero-order valence-electron chi connectivity index (χ0n) is 10.2. The number of ether oxygens (including phenoxy) is 1. The summed E-state index contributed by atoms with van der Waals surface area (Å²) in [6.45, 7) is 1.93. The Hall–Kier alpha value is -2.30.